The van der Waals surface area contributed by atoms with Gasteiger partial charge in [-0.2, -0.15) is 13.2 Å². The lowest BCUT2D eigenvalue weighted by atomic mass is 10.1. The number of hydrogen-bond donors (Lipinski definition) is 1. The molecule has 0 spiro atoms. The molecule has 0 aromatic heterocycles. The van der Waals surface area contributed by atoms with Crippen LogP contribution in [0.5, 0.6) is 5.75 Å². The highest BCUT2D eigenvalue weighted by molar-refractivity contribution is 5.78. The molecule has 1 fully saturated rings. The Morgan fingerprint density at radius 2 is 1.80 bits per heavy atom. The van der Waals surface area contributed by atoms with Crippen LogP contribution in [-0.4, -0.2) is 50.6 Å². The Hall–Kier alpha value is -2.74. The maximum absolute atomic E-state index is 12.9. The summed E-state index contributed by atoms with van der Waals surface area (Å²) in [5.41, 5.74) is 0.813. The predicted octanol–water partition coefficient (Wildman–Crippen LogP) is 3.71. The van der Waals surface area contributed by atoms with Crippen molar-refractivity contribution in [3.8, 4) is 5.75 Å². The molecule has 30 heavy (non-hydrogen) atoms. The fourth-order valence-corrected chi connectivity index (χ4v) is 3.64. The van der Waals surface area contributed by atoms with Gasteiger partial charge in [0.05, 0.1) is 25.3 Å². The lowest BCUT2D eigenvalue weighted by Crippen LogP contribution is -2.49. The maximum Gasteiger partial charge on any atom is 0.416 e. The first-order valence-electron chi connectivity index (χ1n) is 9.85. The fourth-order valence-electron chi connectivity index (χ4n) is 3.64. The van der Waals surface area contributed by atoms with Crippen LogP contribution in [0.3, 0.4) is 0 Å². The van der Waals surface area contributed by atoms with Crippen LogP contribution in [0.2, 0.25) is 0 Å². The van der Waals surface area contributed by atoms with Gasteiger partial charge in [0.25, 0.3) is 0 Å². The molecule has 0 unspecified atom stereocenters. The molecule has 0 radical (unpaired) electrons. The molecule has 1 atom stereocenters. The molecule has 1 aliphatic rings. The number of nitrogens with zero attached hydrogens (tertiary/aromatic N) is 2. The largest absolute Gasteiger partial charge is 0.496 e. The number of halogens is 3. The van der Waals surface area contributed by atoms with E-state index in [9.17, 15) is 18.0 Å². The van der Waals surface area contributed by atoms with Crippen molar-refractivity contribution < 1.29 is 22.7 Å². The van der Waals surface area contributed by atoms with Gasteiger partial charge in [-0.1, -0.05) is 24.3 Å². The number of anilines is 1. The molecule has 1 amide bonds. The third-order valence-corrected chi connectivity index (χ3v) is 5.26. The average Bonchev–Trinajstić information content (AvgIpc) is 2.73. The Morgan fingerprint density at radius 3 is 2.47 bits per heavy atom. The molecule has 0 saturated carbocycles. The number of benzene rings is 2. The normalized spacial score (nSPS) is 16.2. The van der Waals surface area contributed by atoms with E-state index < -0.39 is 11.7 Å². The van der Waals surface area contributed by atoms with Gasteiger partial charge < -0.3 is 15.0 Å². The molecule has 1 saturated heterocycles. The van der Waals surface area contributed by atoms with E-state index in [0.717, 1.165) is 17.4 Å². The van der Waals surface area contributed by atoms with Crippen molar-refractivity contribution in [2.45, 2.75) is 19.1 Å². The van der Waals surface area contributed by atoms with Gasteiger partial charge in [0.2, 0.25) is 5.91 Å². The molecular formula is C22H26F3N3O2. The Kier molecular flexibility index (Phi) is 6.87. The number of rotatable bonds is 6. The Labute approximate surface area is 174 Å². The lowest BCUT2D eigenvalue weighted by molar-refractivity contribution is -0.137. The number of carbonyl (C=O) groups excluding carboxylic acids is 1. The number of hydrogen-bond acceptors (Lipinski definition) is 4. The van der Waals surface area contributed by atoms with Crippen LogP contribution in [0, 0.1) is 0 Å². The third kappa shape index (κ3) is 5.44. The van der Waals surface area contributed by atoms with Gasteiger partial charge in [0.1, 0.15) is 5.75 Å². The number of alkyl halides is 3. The zero-order valence-corrected chi connectivity index (χ0v) is 17.1. The van der Waals surface area contributed by atoms with Gasteiger partial charge in [0.15, 0.2) is 0 Å². The third-order valence-electron chi connectivity index (χ3n) is 5.26. The van der Waals surface area contributed by atoms with Crippen LogP contribution >= 0.6 is 0 Å². The van der Waals surface area contributed by atoms with E-state index in [1.807, 2.05) is 41.0 Å². The van der Waals surface area contributed by atoms with E-state index >= 15 is 0 Å². The minimum atomic E-state index is -4.35. The van der Waals surface area contributed by atoms with Crippen LogP contribution in [0.4, 0.5) is 18.9 Å². The van der Waals surface area contributed by atoms with Gasteiger partial charge in [-0.15, -0.1) is 0 Å². The number of piperazine rings is 1. The highest BCUT2D eigenvalue weighted by Crippen LogP contribution is 2.32. The average molecular weight is 421 g/mol. The van der Waals surface area contributed by atoms with Crippen molar-refractivity contribution in [3.63, 3.8) is 0 Å². The molecule has 5 nitrogen and oxygen atoms in total. The molecule has 1 N–H and O–H groups in total. The SMILES string of the molecule is COc1ccccc1[C@@H](C)NC(=O)CN1CCN(c2cccc(C(F)(F)F)c2)CC1. The van der Waals surface area contributed by atoms with E-state index in [4.69, 9.17) is 4.74 Å². The summed E-state index contributed by atoms with van der Waals surface area (Å²) in [7, 11) is 1.59. The first-order valence-corrected chi connectivity index (χ1v) is 9.85. The van der Waals surface area contributed by atoms with Crippen molar-refractivity contribution in [3.05, 3.63) is 59.7 Å². The summed E-state index contributed by atoms with van der Waals surface area (Å²) in [4.78, 5) is 16.4. The smallest absolute Gasteiger partial charge is 0.416 e. The van der Waals surface area contributed by atoms with Crippen LogP contribution in [0.15, 0.2) is 48.5 Å². The minimum Gasteiger partial charge on any atom is -0.496 e. The molecule has 0 aliphatic carbocycles. The number of amides is 1. The summed E-state index contributed by atoms with van der Waals surface area (Å²) in [5.74, 6) is 0.626. The van der Waals surface area contributed by atoms with Crippen molar-refractivity contribution in [1.82, 2.24) is 10.2 Å². The van der Waals surface area contributed by atoms with Crippen molar-refractivity contribution in [1.29, 1.82) is 0 Å². The zero-order chi connectivity index (χ0) is 21.7. The van der Waals surface area contributed by atoms with Gasteiger partial charge in [0, 0.05) is 37.4 Å². The number of methoxy groups -OCH3 is 1. The standard InChI is InChI=1S/C22H26F3N3O2/c1-16(19-8-3-4-9-20(19)30-2)26-21(29)15-27-10-12-28(13-11-27)18-7-5-6-17(14-18)22(23,24)25/h3-9,14,16H,10-13,15H2,1-2H3,(H,26,29)/t16-/m1/s1. The van der Waals surface area contributed by atoms with E-state index in [2.05, 4.69) is 5.32 Å². The molecule has 2 aromatic rings. The summed E-state index contributed by atoms with van der Waals surface area (Å²) in [6.45, 7) is 4.49. The molecule has 3 rings (SSSR count). The van der Waals surface area contributed by atoms with E-state index in [1.165, 1.54) is 12.1 Å². The molecule has 1 aliphatic heterocycles. The number of para-hydroxylation sites is 1. The van der Waals surface area contributed by atoms with E-state index in [0.29, 0.717) is 31.9 Å². The molecule has 2 aromatic carbocycles. The minimum absolute atomic E-state index is 0.0964. The van der Waals surface area contributed by atoms with Crippen LogP contribution < -0.4 is 15.0 Å². The van der Waals surface area contributed by atoms with Gasteiger partial charge in [-0.05, 0) is 31.2 Å². The molecule has 1 heterocycles. The zero-order valence-electron chi connectivity index (χ0n) is 17.1. The van der Waals surface area contributed by atoms with Gasteiger partial charge >= 0.3 is 6.18 Å². The van der Waals surface area contributed by atoms with Gasteiger partial charge in [-0.3, -0.25) is 9.69 Å². The monoisotopic (exact) mass is 421 g/mol. The summed E-state index contributed by atoms with van der Waals surface area (Å²) in [6.07, 6.45) is -4.35. The second kappa shape index (κ2) is 9.38. The van der Waals surface area contributed by atoms with Crippen LogP contribution in [-0.2, 0) is 11.0 Å². The summed E-state index contributed by atoms with van der Waals surface area (Å²) in [6, 6.07) is 12.7. The van der Waals surface area contributed by atoms with Gasteiger partial charge in [-0.25, -0.2) is 0 Å². The van der Waals surface area contributed by atoms with Crippen molar-refractivity contribution in [2.75, 3.05) is 44.7 Å². The topological polar surface area (TPSA) is 44.8 Å². The lowest BCUT2D eigenvalue weighted by Gasteiger charge is -2.36. The Balaban J connectivity index is 1.52. The second-order valence-corrected chi connectivity index (χ2v) is 7.34. The highest BCUT2D eigenvalue weighted by Gasteiger charge is 2.31. The van der Waals surface area contributed by atoms with E-state index in [-0.39, 0.29) is 18.5 Å². The summed E-state index contributed by atoms with van der Waals surface area (Å²) in [5, 5.41) is 2.99. The first kappa shape index (κ1) is 22.0. The fraction of sp³-hybridized carbons (Fsp3) is 0.409. The molecule has 162 valence electrons. The summed E-state index contributed by atoms with van der Waals surface area (Å²) >= 11 is 0. The molecule has 8 heteroatoms. The first-order chi connectivity index (χ1) is 14.3. The molecular weight excluding hydrogens is 395 g/mol. The number of nitrogens with one attached hydrogen (secondary N) is 1. The van der Waals surface area contributed by atoms with Crippen molar-refractivity contribution in [2.24, 2.45) is 0 Å². The Morgan fingerprint density at radius 1 is 1.10 bits per heavy atom. The molecule has 0 bridgehead atoms. The highest BCUT2D eigenvalue weighted by atomic mass is 19.4. The van der Waals surface area contributed by atoms with E-state index in [1.54, 1.807) is 13.2 Å². The van der Waals surface area contributed by atoms with Crippen LogP contribution in [0.25, 0.3) is 0 Å². The summed E-state index contributed by atoms with van der Waals surface area (Å²) < 4.78 is 44.2. The number of ether oxygens (including phenoxy) is 1. The Bertz CT molecular complexity index is 865. The quantitative estimate of drug-likeness (QED) is 0.773. The maximum atomic E-state index is 12.9. The van der Waals surface area contributed by atoms with Crippen LogP contribution in [0.1, 0.15) is 24.1 Å². The number of carbonyl (C=O) groups is 1. The predicted molar refractivity (Wildman–Crippen MR) is 110 cm³/mol. The van der Waals surface area contributed by atoms with Crippen molar-refractivity contribution >= 4 is 11.6 Å². The second-order valence-electron chi connectivity index (χ2n) is 7.34.